The fraction of sp³-hybridized carbons (Fsp3) is 0.421. The molecule has 0 saturated carbocycles. The van der Waals surface area contributed by atoms with Crippen LogP contribution in [0, 0.1) is 12.8 Å². The van der Waals surface area contributed by atoms with Gasteiger partial charge in [0.05, 0.1) is 0 Å². The third-order valence-electron chi connectivity index (χ3n) is 4.51. The number of carbonyl (C=O) groups excluding carboxylic acids is 1. The smallest absolute Gasteiger partial charge is 0.410 e. The Balaban J connectivity index is 1.38. The van der Waals surface area contributed by atoms with E-state index in [9.17, 15) is 4.79 Å². The molecule has 0 aliphatic carbocycles. The average Bonchev–Trinajstić information content (AvgIpc) is 2.67. The van der Waals surface area contributed by atoms with Crippen molar-refractivity contribution in [2.45, 2.75) is 26.4 Å². The minimum absolute atomic E-state index is 0.220. The molecule has 0 atom stereocenters. The molecule has 1 fully saturated rings. The molecule has 0 unspecified atom stereocenters. The molecule has 1 aliphatic heterocycles. The fourth-order valence-electron chi connectivity index (χ4n) is 2.88. The zero-order chi connectivity index (χ0) is 17.5. The minimum atomic E-state index is -0.220. The first-order chi connectivity index (χ1) is 12.2. The third-order valence-corrected chi connectivity index (χ3v) is 4.51. The molecule has 1 N–H and O–H groups in total. The number of anilines is 1. The molecule has 3 rings (SSSR count). The SMILES string of the molecule is Cc1ccc(COC(=O)N2CCC(CNc3ccncn3)CC2)cc1. The summed E-state index contributed by atoms with van der Waals surface area (Å²) < 4.78 is 5.43. The van der Waals surface area contributed by atoms with Crippen molar-refractivity contribution in [3.05, 3.63) is 54.0 Å². The largest absolute Gasteiger partial charge is 0.445 e. The van der Waals surface area contributed by atoms with Crippen LogP contribution in [0.5, 0.6) is 0 Å². The van der Waals surface area contributed by atoms with Crippen LogP contribution in [0.25, 0.3) is 0 Å². The van der Waals surface area contributed by atoms with Crippen LogP contribution in [0.3, 0.4) is 0 Å². The number of nitrogens with zero attached hydrogens (tertiary/aromatic N) is 3. The maximum Gasteiger partial charge on any atom is 0.410 e. The second-order valence-electron chi connectivity index (χ2n) is 6.45. The molecule has 0 radical (unpaired) electrons. The maximum atomic E-state index is 12.2. The molecular weight excluding hydrogens is 316 g/mol. The quantitative estimate of drug-likeness (QED) is 0.905. The highest BCUT2D eigenvalue weighted by Crippen LogP contribution is 2.18. The van der Waals surface area contributed by atoms with Gasteiger partial charge in [-0.25, -0.2) is 14.8 Å². The molecule has 1 aromatic carbocycles. The standard InChI is InChI=1S/C19H24N4O2/c1-15-2-4-17(5-3-15)13-25-19(24)23-10-7-16(8-11-23)12-21-18-6-9-20-14-22-18/h2-6,9,14,16H,7-8,10-13H2,1H3,(H,20,21,22). The highest BCUT2D eigenvalue weighted by molar-refractivity contribution is 5.67. The number of aryl methyl sites for hydroxylation is 1. The first kappa shape index (κ1) is 17.2. The number of aromatic nitrogens is 2. The molecule has 6 heteroatoms. The number of hydrogen-bond acceptors (Lipinski definition) is 5. The summed E-state index contributed by atoms with van der Waals surface area (Å²) in [5.74, 6) is 1.38. The van der Waals surface area contributed by atoms with Gasteiger partial charge in [0.2, 0.25) is 0 Å². The molecule has 1 aliphatic rings. The molecule has 1 amide bonds. The van der Waals surface area contributed by atoms with Gasteiger partial charge in [0.15, 0.2) is 0 Å². The van der Waals surface area contributed by atoms with Crippen LogP contribution in [-0.2, 0) is 11.3 Å². The Kier molecular flexibility index (Phi) is 5.82. The summed E-state index contributed by atoms with van der Waals surface area (Å²) in [6.45, 7) is 4.71. The molecular formula is C19H24N4O2. The second kappa shape index (κ2) is 8.46. The van der Waals surface area contributed by atoms with Crippen LogP contribution >= 0.6 is 0 Å². The van der Waals surface area contributed by atoms with Crippen molar-refractivity contribution in [3.63, 3.8) is 0 Å². The number of ether oxygens (including phenoxy) is 1. The van der Waals surface area contributed by atoms with Gasteiger partial charge in [0.25, 0.3) is 0 Å². The number of likely N-dealkylation sites (tertiary alicyclic amines) is 1. The zero-order valence-electron chi connectivity index (χ0n) is 14.5. The molecule has 1 aromatic heterocycles. The monoisotopic (exact) mass is 340 g/mol. The van der Waals surface area contributed by atoms with E-state index >= 15 is 0 Å². The van der Waals surface area contributed by atoms with E-state index in [1.807, 2.05) is 37.3 Å². The van der Waals surface area contributed by atoms with E-state index in [-0.39, 0.29) is 6.09 Å². The van der Waals surface area contributed by atoms with E-state index in [1.165, 1.54) is 11.9 Å². The summed E-state index contributed by atoms with van der Waals surface area (Å²) in [5.41, 5.74) is 2.22. The average molecular weight is 340 g/mol. The summed E-state index contributed by atoms with van der Waals surface area (Å²) >= 11 is 0. The zero-order valence-corrected chi connectivity index (χ0v) is 14.5. The molecule has 2 aromatic rings. The maximum absolute atomic E-state index is 12.2. The van der Waals surface area contributed by atoms with Gasteiger partial charge < -0.3 is 15.0 Å². The lowest BCUT2D eigenvalue weighted by Gasteiger charge is -2.31. The first-order valence-corrected chi connectivity index (χ1v) is 8.68. The van der Waals surface area contributed by atoms with Gasteiger partial charge in [0.1, 0.15) is 18.8 Å². The van der Waals surface area contributed by atoms with Crippen LogP contribution < -0.4 is 5.32 Å². The van der Waals surface area contributed by atoms with E-state index in [1.54, 1.807) is 11.1 Å². The molecule has 2 heterocycles. The van der Waals surface area contributed by atoms with Gasteiger partial charge in [-0.15, -0.1) is 0 Å². The number of nitrogens with one attached hydrogen (secondary N) is 1. The van der Waals surface area contributed by atoms with Gasteiger partial charge in [0, 0.05) is 25.8 Å². The molecule has 6 nitrogen and oxygen atoms in total. The summed E-state index contributed by atoms with van der Waals surface area (Å²) in [6, 6.07) is 9.90. The fourth-order valence-corrected chi connectivity index (χ4v) is 2.88. The van der Waals surface area contributed by atoms with Gasteiger partial charge in [-0.2, -0.15) is 0 Å². The van der Waals surface area contributed by atoms with Crippen LogP contribution in [0.1, 0.15) is 24.0 Å². The van der Waals surface area contributed by atoms with E-state index in [0.717, 1.165) is 43.9 Å². The summed E-state index contributed by atoms with van der Waals surface area (Å²) in [4.78, 5) is 22.1. The number of piperidine rings is 1. The number of rotatable bonds is 5. The van der Waals surface area contributed by atoms with Gasteiger partial charge in [-0.3, -0.25) is 0 Å². The van der Waals surface area contributed by atoms with E-state index in [2.05, 4.69) is 15.3 Å². The Hall–Kier alpha value is -2.63. The Morgan fingerprint density at radius 3 is 2.68 bits per heavy atom. The van der Waals surface area contributed by atoms with Gasteiger partial charge in [-0.05, 0) is 37.3 Å². The van der Waals surface area contributed by atoms with Crippen molar-refractivity contribution >= 4 is 11.9 Å². The second-order valence-corrected chi connectivity index (χ2v) is 6.45. The number of amides is 1. The van der Waals surface area contributed by atoms with Crippen molar-refractivity contribution in [3.8, 4) is 0 Å². The number of hydrogen-bond donors (Lipinski definition) is 1. The van der Waals surface area contributed by atoms with Crippen LogP contribution in [0.15, 0.2) is 42.9 Å². The first-order valence-electron chi connectivity index (χ1n) is 8.68. The normalized spacial score (nSPS) is 15.0. The third kappa shape index (κ3) is 5.17. The Morgan fingerprint density at radius 2 is 2.00 bits per heavy atom. The topological polar surface area (TPSA) is 67.3 Å². The lowest BCUT2D eigenvalue weighted by Crippen LogP contribution is -2.40. The number of benzene rings is 1. The Labute approximate surface area is 148 Å². The highest BCUT2D eigenvalue weighted by atomic mass is 16.6. The summed E-state index contributed by atoms with van der Waals surface area (Å²) in [7, 11) is 0. The Bertz CT molecular complexity index is 668. The van der Waals surface area contributed by atoms with Crippen molar-refractivity contribution in [1.82, 2.24) is 14.9 Å². The van der Waals surface area contributed by atoms with Crippen LogP contribution in [0.2, 0.25) is 0 Å². The summed E-state index contributed by atoms with van der Waals surface area (Å²) in [5, 5.41) is 3.32. The lowest BCUT2D eigenvalue weighted by atomic mass is 9.97. The molecule has 0 spiro atoms. The highest BCUT2D eigenvalue weighted by Gasteiger charge is 2.23. The van der Waals surface area contributed by atoms with Crippen molar-refractivity contribution < 1.29 is 9.53 Å². The predicted octanol–water partition coefficient (Wildman–Crippen LogP) is 3.25. The van der Waals surface area contributed by atoms with E-state index < -0.39 is 0 Å². The Morgan fingerprint density at radius 1 is 1.24 bits per heavy atom. The molecule has 132 valence electrons. The van der Waals surface area contributed by atoms with Crippen LogP contribution in [0.4, 0.5) is 10.6 Å². The summed E-state index contributed by atoms with van der Waals surface area (Å²) in [6.07, 6.45) is 4.98. The van der Waals surface area contributed by atoms with Crippen molar-refractivity contribution in [1.29, 1.82) is 0 Å². The van der Waals surface area contributed by atoms with Gasteiger partial charge >= 0.3 is 6.09 Å². The predicted molar refractivity (Wildman–Crippen MR) is 96.2 cm³/mol. The van der Waals surface area contributed by atoms with Crippen LogP contribution in [-0.4, -0.2) is 40.6 Å². The van der Waals surface area contributed by atoms with E-state index in [4.69, 9.17) is 4.74 Å². The lowest BCUT2D eigenvalue weighted by molar-refractivity contribution is 0.0832. The van der Waals surface area contributed by atoms with E-state index in [0.29, 0.717) is 12.5 Å². The van der Waals surface area contributed by atoms with Crippen molar-refractivity contribution in [2.24, 2.45) is 5.92 Å². The molecule has 0 bridgehead atoms. The minimum Gasteiger partial charge on any atom is -0.445 e. The van der Waals surface area contributed by atoms with Crippen molar-refractivity contribution in [2.75, 3.05) is 25.0 Å². The molecule has 1 saturated heterocycles. The van der Waals surface area contributed by atoms with Gasteiger partial charge in [-0.1, -0.05) is 29.8 Å². The molecule has 25 heavy (non-hydrogen) atoms. The number of carbonyl (C=O) groups is 1.